The van der Waals surface area contributed by atoms with Crippen LogP contribution >= 0.6 is 34.2 Å². The van der Waals surface area contributed by atoms with Crippen LogP contribution in [0.1, 0.15) is 11.3 Å². The van der Waals surface area contributed by atoms with Crippen LogP contribution in [0.15, 0.2) is 29.6 Å². The maximum Gasteiger partial charge on any atom is 0.267 e. The van der Waals surface area contributed by atoms with Gasteiger partial charge in [0.25, 0.3) is 5.56 Å². The van der Waals surface area contributed by atoms with Crippen molar-refractivity contribution in [3.8, 4) is 0 Å². The molecule has 0 aromatic carbocycles. The first-order valence-electron chi connectivity index (χ1n) is 4.89. The lowest BCUT2D eigenvalue weighted by atomic mass is 10.2. The number of aryl methyl sites for hydroxylation is 1. The Labute approximate surface area is 117 Å². The van der Waals surface area contributed by atoms with Gasteiger partial charge in [-0.05, 0) is 41.1 Å². The van der Waals surface area contributed by atoms with Gasteiger partial charge in [-0.25, -0.2) is 4.98 Å². The van der Waals surface area contributed by atoms with Gasteiger partial charge < -0.3 is 0 Å². The second kappa shape index (κ2) is 5.14. The summed E-state index contributed by atoms with van der Waals surface area (Å²) in [5, 5.41) is 0.551. The maximum atomic E-state index is 12.0. The molecule has 0 N–H and O–H groups in total. The Morgan fingerprint density at radius 1 is 1.53 bits per heavy atom. The summed E-state index contributed by atoms with van der Waals surface area (Å²) in [6.07, 6.45) is 4.75. The Bertz CT molecular complexity index is 612. The van der Waals surface area contributed by atoms with Crippen molar-refractivity contribution in [3.05, 3.63) is 55.0 Å². The first-order valence-corrected chi connectivity index (χ1v) is 6.35. The average molecular weight is 362 g/mol. The van der Waals surface area contributed by atoms with Crippen LogP contribution in [0.2, 0.25) is 5.02 Å². The fourth-order valence-corrected chi connectivity index (χ4v) is 2.00. The maximum absolute atomic E-state index is 12.0. The van der Waals surface area contributed by atoms with E-state index in [2.05, 4.69) is 9.97 Å². The summed E-state index contributed by atoms with van der Waals surface area (Å²) in [5.74, 6) is 0. The molecule has 17 heavy (non-hydrogen) atoms. The van der Waals surface area contributed by atoms with E-state index >= 15 is 0 Å². The van der Waals surface area contributed by atoms with E-state index < -0.39 is 0 Å². The van der Waals surface area contributed by atoms with Gasteiger partial charge in [0.2, 0.25) is 0 Å². The molecule has 0 saturated carbocycles. The second-order valence-corrected chi connectivity index (χ2v) is 5.03. The molecule has 0 unspecified atom stereocenters. The first-order chi connectivity index (χ1) is 8.09. The summed E-state index contributed by atoms with van der Waals surface area (Å²) in [7, 11) is 0. The van der Waals surface area contributed by atoms with Crippen molar-refractivity contribution in [2.45, 2.75) is 13.5 Å². The zero-order valence-corrected chi connectivity index (χ0v) is 11.9. The molecule has 4 nitrogen and oxygen atoms in total. The predicted molar refractivity (Wildman–Crippen MR) is 74.3 cm³/mol. The van der Waals surface area contributed by atoms with Crippen LogP contribution in [0.25, 0.3) is 0 Å². The Hall–Kier alpha value is -0.950. The molecule has 0 bridgehead atoms. The van der Waals surface area contributed by atoms with Crippen molar-refractivity contribution in [2.24, 2.45) is 0 Å². The molecule has 2 aromatic heterocycles. The van der Waals surface area contributed by atoms with Gasteiger partial charge in [-0.3, -0.25) is 14.3 Å². The Morgan fingerprint density at radius 3 is 3.00 bits per heavy atom. The first kappa shape index (κ1) is 12.5. The van der Waals surface area contributed by atoms with Crippen molar-refractivity contribution in [2.75, 3.05) is 0 Å². The molecule has 0 radical (unpaired) electrons. The Balaban J connectivity index is 2.41. The van der Waals surface area contributed by atoms with Crippen LogP contribution in [0.3, 0.4) is 0 Å². The van der Waals surface area contributed by atoms with Crippen molar-refractivity contribution in [1.82, 2.24) is 14.5 Å². The zero-order valence-electron chi connectivity index (χ0n) is 9.02. The van der Waals surface area contributed by atoms with Gasteiger partial charge in [0.1, 0.15) is 0 Å². The third-order valence-electron chi connectivity index (χ3n) is 2.35. The van der Waals surface area contributed by atoms with Crippen molar-refractivity contribution in [3.63, 3.8) is 0 Å². The second-order valence-electron chi connectivity index (χ2n) is 3.54. The van der Waals surface area contributed by atoms with E-state index in [1.54, 1.807) is 18.5 Å². The average Bonchev–Trinajstić information content (AvgIpc) is 2.32. The quantitative estimate of drug-likeness (QED) is 0.771. The normalized spacial score (nSPS) is 10.5. The SMILES string of the molecule is Cc1ncn(Cc2ccncc2Cl)c(=O)c1I. The van der Waals surface area contributed by atoms with Gasteiger partial charge in [-0.2, -0.15) is 0 Å². The zero-order chi connectivity index (χ0) is 12.4. The van der Waals surface area contributed by atoms with E-state index in [-0.39, 0.29) is 5.56 Å². The smallest absolute Gasteiger partial charge is 0.267 e. The van der Waals surface area contributed by atoms with E-state index in [1.807, 2.05) is 29.5 Å². The number of hydrogen-bond acceptors (Lipinski definition) is 3. The van der Waals surface area contributed by atoms with Crippen LogP contribution < -0.4 is 5.56 Å². The van der Waals surface area contributed by atoms with E-state index in [0.717, 1.165) is 11.3 Å². The van der Waals surface area contributed by atoms with Crippen LogP contribution in [0, 0.1) is 10.5 Å². The van der Waals surface area contributed by atoms with Crippen LogP contribution in [0.4, 0.5) is 0 Å². The molecule has 6 heteroatoms. The molecule has 2 heterocycles. The summed E-state index contributed by atoms with van der Waals surface area (Å²) in [5.41, 5.74) is 1.55. The molecule has 2 rings (SSSR count). The summed E-state index contributed by atoms with van der Waals surface area (Å²) >= 11 is 8.00. The Morgan fingerprint density at radius 2 is 2.29 bits per heavy atom. The lowest BCUT2D eigenvalue weighted by Gasteiger charge is -2.07. The molecule has 0 atom stereocenters. The number of nitrogens with zero attached hydrogens (tertiary/aromatic N) is 3. The molecular weight excluding hydrogens is 352 g/mol. The summed E-state index contributed by atoms with van der Waals surface area (Å²) in [6.45, 7) is 2.22. The summed E-state index contributed by atoms with van der Waals surface area (Å²) < 4.78 is 2.17. The van der Waals surface area contributed by atoms with E-state index in [4.69, 9.17) is 11.6 Å². The van der Waals surface area contributed by atoms with E-state index in [9.17, 15) is 4.79 Å². The highest BCUT2D eigenvalue weighted by atomic mass is 127. The minimum absolute atomic E-state index is 0.0500. The Kier molecular flexibility index (Phi) is 3.78. The van der Waals surface area contributed by atoms with Gasteiger partial charge in [-0.15, -0.1) is 0 Å². The molecule has 0 aliphatic carbocycles. The summed E-state index contributed by atoms with van der Waals surface area (Å²) in [4.78, 5) is 20.0. The molecule has 88 valence electrons. The van der Waals surface area contributed by atoms with Crippen molar-refractivity contribution in [1.29, 1.82) is 0 Å². The van der Waals surface area contributed by atoms with Crippen LogP contribution in [0.5, 0.6) is 0 Å². The number of aromatic nitrogens is 3. The van der Waals surface area contributed by atoms with Gasteiger partial charge >= 0.3 is 0 Å². The standard InChI is InChI=1S/C11H9ClIN3O/c1-7-10(13)11(17)16(6-15-7)5-8-2-3-14-4-9(8)12/h2-4,6H,5H2,1H3. The van der Waals surface area contributed by atoms with Gasteiger partial charge in [0, 0.05) is 12.4 Å². The topological polar surface area (TPSA) is 47.8 Å². The minimum Gasteiger partial charge on any atom is -0.294 e. The van der Waals surface area contributed by atoms with Crippen LogP contribution in [-0.2, 0) is 6.54 Å². The van der Waals surface area contributed by atoms with Gasteiger partial charge in [0.05, 0.1) is 27.2 Å². The monoisotopic (exact) mass is 361 g/mol. The van der Waals surface area contributed by atoms with E-state index in [1.165, 1.54) is 10.9 Å². The van der Waals surface area contributed by atoms with Crippen LogP contribution in [-0.4, -0.2) is 14.5 Å². The largest absolute Gasteiger partial charge is 0.294 e. The lowest BCUT2D eigenvalue weighted by molar-refractivity contribution is 0.723. The molecule has 0 spiro atoms. The number of rotatable bonds is 2. The fourth-order valence-electron chi connectivity index (χ4n) is 1.37. The van der Waals surface area contributed by atoms with Crippen molar-refractivity contribution >= 4 is 34.2 Å². The van der Waals surface area contributed by atoms with Crippen molar-refractivity contribution < 1.29 is 0 Å². The highest BCUT2D eigenvalue weighted by Crippen LogP contribution is 2.14. The molecule has 0 aliphatic rings. The molecule has 0 fully saturated rings. The number of hydrogen-bond donors (Lipinski definition) is 0. The van der Waals surface area contributed by atoms with Gasteiger partial charge in [-0.1, -0.05) is 11.6 Å². The van der Waals surface area contributed by atoms with Gasteiger partial charge in [0.15, 0.2) is 0 Å². The highest BCUT2D eigenvalue weighted by molar-refractivity contribution is 14.1. The minimum atomic E-state index is -0.0500. The third kappa shape index (κ3) is 2.66. The van der Waals surface area contributed by atoms with E-state index in [0.29, 0.717) is 15.1 Å². The molecule has 0 amide bonds. The number of pyridine rings is 1. The summed E-state index contributed by atoms with van der Waals surface area (Å²) in [6, 6.07) is 1.79. The highest BCUT2D eigenvalue weighted by Gasteiger charge is 2.07. The lowest BCUT2D eigenvalue weighted by Crippen LogP contribution is -2.24. The fraction of sp³-hybridized carbons (Fsp3) is 0.182. The third-order valence-corrected chi connectivity index (χ3v) is 3.94. The number of halogens is 2. The molecule has 0 aliphatic heterocycles. The predicted octanol–water partition coefficient (Wildman–Crippen LogP) is 2.25. The molecule has 2 aromatic rings. The molecular formula is C11H9ClIN3O. The molecule has 0 saturated heterocycles.